The molecule has 1 fully saturated rings. The highest BCUT2D eigenvalue weighted by Gasteiger charge is 2.19. The number of rotatable bonds is 4. The summed E-state index contributed by atoms with van der Waals surface area (Å²) in [6.45, 7) is 3.13. The molecule has 0 aliphatic heterocycles. The number of nitrogens with one attached hydrogen (secondary N) is 1. The van der Waals surface area contributed by atoms with Gasteiger partial charge in [0.05, 0.1) is 16.1 Å². The van der Waals surface area contributed by atoms with Gasteiger partial charge in [-0.3, -0.25) is 0 Å². The van der Waals surface area contributed by atoms with Crippen molar-refractivity contribution in [3.05, 3.63) is 33.8 Å². The molecule has 2 nitrogen and oxygen atoms in total. The second-order valence-electron chi connectivity index (χ2n) is 5.48. The molecule has 1 atom stereocenters. The Hall–Kier alpha value is -0.280. The quantitative estimate of drug-likeness (QED) is 0.874. The molecule has 0 aromatic heterocycles. The highest BCUT2D eigenvalue weighted by atomic mass is 35.5. The number of hydrogen-bond acceptors (Lipinski definition) is 2. The molecule has 4 heteroatoms. The van der Waals surface area contributed by atoms with E-state index >= 15 is 0 Å². The maximum Gasteiger partial charge on any atom is 0.0595 e. The number of aliphatic hydroxyl groups is 1. The van der Waals surface area contributed by atoms with Crippen LogP contribution < -0.4 is 5.32 Å². The van der Waals surface area contributed by atoms with E-state index in [2.05, 4.69) is 12.2 Å². The largest absolute Gasteiger partial charge is 0.393 e. The third kappa shape index (κ3) is 4.35. The predicted octanol–water partition coefficient (Wildman–Crippen LogP) is 4.20. The smallest absolute Gasteiger partial charge is 0.0595 e. The summed E-state index contributed by atoms with van der Waals surface area (Å²) >= 11 is 12.0. The summed E-state index contributed by atoms with van der Waals surface area (Å²) in [6, 6.07) is 6.04. The van der Waals surface area contributed by atoms with Crippen LogP contribution in [0, 0.1) is 5.92 Å². The van der Waals surface area contributed by atoms with Gasteiger partial charge in [0.2, 0.25) is 0 Å². The van der Waals surface area contributed by atoms with Crippen LogP contribution in [0.4, 0.5) is 0 Å². The molecular formula is C15H21Cl2NO. The molecule has 0 saturated heterocycles. The summed E-state index contributed by atoms with van der Waals surface area (Å²) in [5.41, 5.74) is 1.16. The van der Waals surface area contributed by atoms with E-state index in [1.54, 1.807) is 0 Å². The molecule has 0 amide bonds. The Labute approximate surface area is 125 Å². The van der Waals surface area contributed by atoms with Crippen molar-refractivity contribution >= 4 is 23.2 Å². The number of aliphatic hydroxyl groups excluding tert-OH is 1. The van der Waals surface area contributed by atoms with Crippen molar-refractivity contribution in [3.8, 4) is 0 Å². The Balaban J connectivity index is 1.83. The molecule has 2 N–H and O–H groups in total. The van der Waals surface area contributed by atoms with Crippen molar-refractivity contribution in [2.24, 2.45) is 5.92 Å². The average molecular weight is 302 g/mol. The van der Waals surface area contributed by atoms with Crippen molar-refractivity contribution in [2.75, 3.05) is 6.54 Å². The topological polar surface area (TPSA) is 32.3 Å². The standard InChI is InChI=1S/C15H21Cl2NO/c1-10(12-4-7-14(16)15(17)8-12)18-9-11-2-5-13(19)6-3-11/h4,7-8,10-11,13,18-19H,2-3,5-6,9H2,1H3. The summed E-state index contributed by atoms with van der Waals surface area (Å²) in [5, 5.41) is 14.2. The minimum Gasteiger partial charge on any atom is -0.393 e. The lowest BCUT2D eigenvalue weighted by atomic mass is 9.87. The fraction of sp³-hybridized carbons (Fsp3) is 0.600. The fourth-order valence-corrected chi connectivity index (χ4v) is 2.90. The molecule has 19 heavy (non-hydrogen) atoms. The highest BCUT2D eigenvalue weighted by molar-refractivity contribution is 6.42. The predicted molar refractivity (Wildman–Crippen MR) is 80.8 cm³/mol. The molecule has 2 rings (SSSR count). The lowest BCUT2D eigenvalue weighted by molar-refractivity contribution is 0.108. The van der Waals surface area contributed by atoms with Gasteiger partial charge in [-0.1, -0.05) is 29.3 Å². The van der Waals surface area contributed by atoms with E-state index < -0.39 is 0 Å². The molecule has 0 spiro atoms. The zero-order chi connectivity index (χ0) is 13.8. The maximum absolute atomic E-state index is 9.49. The van der Waals surface area contributed by atoms with E-state index in [4.69, 9.17) is 23.2 Å². The third-order valence-electron chi connectivity index (χ3n) is 3.97. The van der Waals surface area contributed by atoms with Crippen molar-refractivity contribution in [2.45, 2.75) is 44.8 Å². The second-order valence-corrected chi connectivity index (χ2v) is 6.29. The average Bonchev–Trinajstić information content (AvgIpc) is 2.41. The van der Waals surface area contributed by atoms with E-state index in [-0.39, 0.29) is 12.1 Å². The monoisotopic (exact) mass is 301 g/mol. The van der Waals surface area contributed by atoms with Crippen molar-refractivity contribution in [1.29, 1.82) is 0 Å². The summed E-state index contributed by atoms with van der Waals surface area (Å²) in [6.07, 6.45) is 4.02. The summed E-state index contributed by atoms with van der Waals surface area (Å²) in [4.78, 5) is 0. The van der Waals surface area contributed by atoms with Gasteiger partial charge in [-0.15, -0.1) is 0 Å². The zero-order valence-corrected chi connectivity index (χ0v) is 12.7. The van der Waals surface area contributed by atoms with Gasteiger partial charge >= 0.3 is 0 Å². The molecule has 0 heterocycles. The lowest BCUT2D eigenvalue weighted by Crippen LogP contribution is -2.29. The van der Waals surface area contributed by atoms with Crippen molar-refractivity contribution in [1.82, 2.24) is 5.32 Å². The molecule has 1 aromatic carbocycles. The third-order valence-corrected chi connectivity index (χ3v) is 4.71. The highest BCUT2D eigenvalue weighted by Crippen LogP contribution is 2.27. The van der Waals surface area contributed by atoms with E-state index in [1.165, 1.54) is 0 Å². The summed E-state index contributed by atoms with van der Waals surface area (Å²) in [7, 11) is 0. The van der Waals surface area contributed by atoms with Crippen LogP contribution in [0.25, 0.3) is 0 Å². The van der Waals surface area contributed by atoms with Gasteiger partial charge in [-0.2, -0.15) is 0 Å². The maximum atomic E-state index is 9.49. The Kier molecular flexibility index (Phi) is 5.52. The lowest BCUT2D eigenvalue weighted by Gasteiger charge is -2.27. The molecule has 106 valence electrons. The van der Waals surface area contributed by atoms with E-state index in [0.717, 1.165) is 37.8 Å². The molecule has 1 aliphatic carbocycles. The Bertz CT molecular complexity index is 417. The van der Waals surface area contributed by atoms with E-state index in [9.17, 15) is 5.11 Å². The molecule has 1 aromatic rings. The van der Waals surface area contributed by atoms with E-state index in [1.807, 2.05) is 18.2 Å². The van der Waals surface area contributed by atoms with Gasteiger partial charge in [0.1, 0.15) is 0 Å². The van der Waals surface area contributed by atoms with Crippen LogP contribution in [-0.2, 0) is 0 Å². The van der Waals surface area contributed by atoms with E-state index in [0.29, 0.717) is 16.0 Å². The zero-order valence-electron chi connectivity index (χ0n) is 11.2. The van der Waals surface area contributed by atoms with Crippen LogP contribution in [0.15, 0.2) is 18.2 Å². The minimum absolute atomic E-state index is 0.0799. The number of halogens is 2. The van der Waals surface area contributed by atoms with Gasteiger partial charge in [0, 0.05) is 6.04 Å². The van der Waals surface area contributed by atoms with Crippen LogP contribution in [0.1, 0.15) is 44.2 Å². The van der Waals surface area contributed by atoms with Crippen molar-refractivity contribution in [3.63, 3.8) is 0 Å². The van der Waals surface area contributed by atoms with Gasteiger partial charge in [0.25, 0.3) is 0 Å². The molecule has 1 saturated carbocycles. The van der Waals surface area contributed by atoms with Crippen LogP contribution in [0.2, 0.25) is 10.0 Å². The summed E-state index contributed by atoms with van der Waals surface area (Å²) < 4.78 is 0. The van der Waals surface area contributed by atoms with Gasteiger partial charge in [-0.05, 0) is 62.8 Å². The molecular weight excluding hydrogens is 281 g/mol. The molecule has 0 radical (unpaired) electrons. The number of benzene rings is 1. The Morgan fingerprint density at radius 3 is 2.53 bits per heavy atom. The Morgan fingerprint density at radius 1 is 1.21 bits per heavy atom. The first-order chi connectivity index (χ1) is 9.06. The first-order valence-corrected chi connectivity index (χ1v) is 7.68. The van der Waals surface area contributed by atoms with Crippen LogP contribution in [0.5, 0.6) is 0 Å². The first-order valence-electron chi connectivity index (χ1n) is 6.92. The second kappa shape index (κ2) is 6.94. The van der Waals surface area contributed by atoms with Crippen LogP contribution in [0.3, 0.4) is 0 Å². The van der Waals surface area contributed by atoms with Crippen molar-refractivity contribution < 1.29 is 5.11 Å². The molecule has 0 bridgehead atoms. The Morgan fingerprint density at radius 2 is 1.89 bits per heavy atom. The van der Waals surface area contributed by atoms with Crippen LogP contribution in [-0.4, -0.2) is 17.8 Å². The number of hydrogen-bond donors (Lipinski definition) is 2. The molecule has 1 unspecified atom stereocenters. The summed E-state index contributed by atoms with van der Waals surface area (Å²) in [5.74, 6) is 0.675. The minimum atomic E-state index is -0.0799. The van der Waals surface area contributed by atoms with Gasteiger partial charge < -0.3 is 10.4 Å². The van der Waals surface area contributed by atoms with Crippen LogP contribution >= 0.6 is 23.2 Å². The van der Waals surface area contributed by atoms with Gasteiger partial charge in [0.15, 0.2) is 0 Å². The normalized spacial score (nSPS) is 25.3. The fourth-order valence-electron chi connectivity index (χ4n) is 2.59. The molecule has 1 aliphatic rings. The SMILES string of the molecule is CC(NCC1CCC(O)CC1)c1ccc(Cl)c(Cl)c1. The first kappa shape index (κ1) is 15.1. The van der Waals surface area contributed by atoms with Gasteiger partial charge in [-0.25, -0.2) is 0 Å².